The van der Waals surface area contributed by atoms with Crippen LogP contribution in [0.15, 0.2) is 12.3 Å². The third-order valence-electron chi connectivity index (χ3n) is 2.38. The molecule has 1 nitrogen and oxygen atoms in total. The SMILES string of the molecule is CCC1=c2cc[nH]c2=CCC1. The molecule has 0 saturated carbocycles. The Bertz CT molecular complexity index is 356. The molecule has 0 fully saturated rings. The molecule has 0 saturated heterocycles. The third kappa shape index (κ3) is 1.01. The van der Waals surface area contributed by atoms with Crippen molar-refractivity contribution in [3.05, 3.63) is 22.8 Å². The fraction of sp³-hybridized carbons (Fsp3) is 0.400. The lowest BCUT2D eigenvalue weighted by Gasteiger charge is -2.04. The highest BCUT2D eigenvalue weighted by atomic mass is 14.6. The summed E-state index contributed by atoms with van der Waals surface area (Å²) in [6.45, 7) is 2.23. The normalized spacial score (nSPS) is 15.9. The van der Waals surface area contributed by atoms with E-state index in [1.165, 1.54) is 29.8 Å². The Hall–Kier alpha value is -0.980. The van der Waals surface area contributed by atoms with Gasteiger partial charge >= 0.3 is 0 Å². The second kappa shape index (κ2) is 2.57. The Kier molecular flexibility index (Phi) is 1.57. The number of nitrogens with one attached hydrogen (secondary N) is 1. The second-order valence-corrected chi connectivity index (χ2v) is 3.00. The number of hydrogen-bond donors (Lipinski definition) is 1. The van der Waals surface area contributed by atoms with Crippen LogP contribution >= 0.6 is 0 Å². The fourth-order valence-corrected chi connectivity index (χ4v) is 1.75. The van der Waals surface area contributed by atoms with Crippen molar-refractivity contribution < 1.29 is 0 Å². The molecule has 1 aliphatic rings. The molecule has 2 rings (SSSR count). The van der Waals surface area contributed by atoms with Gasteiger partial charge in [0.05, 0.1) is 0 Å². The average molecular weight is 147 g/mol. The lowest BCUT2D eigenvalue weighted by atomic mass is 10.0. The van der Waals surface area contributed by atoms with E-state index in [0.717, 1.165) is 0 Å². The van der Waals surface area contributed by atoms with E-state index in [9.17, 15) is 0 Å². The summed E-state index contributed by atoms with van der Waals surface area (Å²) in [6.07, 6.45) is 7.97. The molecule has 0 aromatic carbocycles. The minimum atomic E-state index is 1.19. The first-order valence-corrected chi connectivity index (χ1v) is 4.27. The van der Waals surface area contributed by atoms with Gasteiger partial charge in [-0.2, -0.15) is 0 Å². The zero-order chi connectivity index (χ0) is 7.68. The smallest absolute Gasteiger partial charge is 0.0413 e. The Balaban J connectivity index is 2.77. The zero-order valence-corrected chi connectivity index (χ0v) is 6.85. The highest BCUT2D eigenvalue weighted by molar-refractivity contribution is 5.49. The van der Waals surface area contributed by atoms with E-state index in [1.54, 1.807) is 5.57 Å². The summed E-state index contributed by atoms with van der Waals surface area (Å²) in [4.78, 5) is 3.25. The van der Waals surface area contributed by atoms with Gasteiger partial charge in [0.25, 0.3) is 0 Å². The standard InChI is InChI=1S/C10H13N/c1-2-8-4-3-5-10-9(8)6-7-11-10/h5-7,11H,2-4H2,1H3. The topological polar surface area (TPSA) is 15.8 Å². The van der Waals surface area contributed by atoms with Crippen LogP contribution in [0, 0.1) is 0 Å². The molecule has 58 valence electrons. The first-order chi connectivity index (χ1) is 5.42. The first kappa shape index (κ1) is 6.71. The van der Waals surface area contributed by atoms with Crippen LogP contribution < -0.4 is 10.6 Å². The quantitative estimate of drug-likeness (QED) is 0.613. The van der Waals surface area contributed by atoms with Crippen molar-refractivity contribution in [2.24, 2.45) is 0 Å². The molecule has 1 N–H and O–H groups in total. The number of aromatic nitrogens is 1. The number of fused-ring (bicyclic) bond motifs is 1. The van der Waals surface area contributed by atoms with Gasteiger partial charge in [-0.05, 0) is 30.5 Å². The minimum absolute atomic E-state index is 1.19. The van der Waals surface area contributed by atoms with E-state index in [1.807, 2.05) is 6.20 Å². The Morgan fingerprint density at radius 3 is 3.27 bits per heavy atom. The molecular weight excluding hydrogens is 134 g/mol. The summed E-state index contributed by atoms with van der Waals surface area (Å²) in [6, 6.07) is 2.18. The van der Waals surface area contributed by atoms with E-state index < -0.39 is 0 Å². The van der Waals surface area contributed by atoms with Crippen molar-refractivity contribution in [3.8, 4) is 0 Å². The molecule has 0 aliphatic heterocycles. The van der Waals surface area contributed by atoms with Crippen LogP contribution in [-0.4, -0.2) is 4.98 Å². The highest BCUT2D eigenvalue weighted by Crippen LogP contribution is 2.10. The minimum Gasteiger partial charge on any atom is -0.361 e. The van der Waals surface area contributed by atoms with Crippen LogP contribution in [0.3, 0.4) is 0 Å². The van der Waals surface area contributed by atoms with Crippen molar-refractivity contribution in [2.75, 3.05) is 0 Å². The molecule has 0 amide bonds. The predicted molar refractivity (Wildman–Crippen MR) is 47.4 cm³/mol. The van der Waals surface area contributed by atoms with Crippen LogP contribution in [0.25, 0.3) is 11.6 Å². The molecule has 0 spiro atoms. The van der Waals surface area contributed by atoms with E-state index in [4.69, 9.17) is 0 Å². The van der Waals surface area contributed by atoms with Gasteiger partial charge in [0.15, 0.2) is 0 Å². The summed E-state index contributed by atoms with van der Waals surface area (Å²) >= 11 is 0. The average Bonchev–Trinajstić information content (AvgIpc) is 2.50. The molecule has 1 heteroatoms. The number of hydrogen-bond acceptors (Lipinski definition) is 0. The monoisotopic (exact) mass is 147 g/mol. The molecular formula is C10H13N. The third-order valence-corrected chi connectivity index (χ3v) is 2.38. The maximum Gasteiger partial charge on any atom is 0.0413 e. The van der Waals surface area contributed by atoms with Crippen LogP contribution in [0.1, 0.15) is 26.2 Å². The van der Waals surface area contributed by atoms with Gasteiger partial charge < -0.3 is 4.98 Å². The first-order valence-electron chi connectivity index (χ1n) is 4.27. The van der Waals surface area contributed by atoms with Gasteiger partial charge in [0.1, 0.15) is 0 Å². The van der Waals surface area contributed by atoms with Crippen molar-refractivity contribution in [1.82, 2.24) is 4.98 Å². The van der Waals surface area contributed by atoms with Crippen molar-refractivity contribution in [3.63, 3.8) is 0 Å². The summed E-state index contributed by atoms with van der Waals surface area (Å²) < 4.78 is 0. The van der Waals surface area contributed by atoms with Gasteiger partial charge in [-0.15, -0.1) is 0 Å². The lowest BCUT2D eigenvalue weighted by molar-refractivity contribution is 1.00. The van der Waals surface area contributed by atoms with Crippen molar-refractivity contribution >= 4 is 11.6 Å². The second-order valence-electron chi connectivity index (χ2n) is 3.00. The molecule has 0 radical (unpaired) electrons. The Morgan fingerprint density at radius 2 is 2.45 bits per heavy atom. The summed E-state index contributed by atoms with van der Waals surface area (Å²) in [5.41, 5.74) is 1.60. The molecule has 0 atom stereocenters. The lowest BCUT2D eigenvalue weighted by Crippen LogP contribution is -2.27. The summed E-state index contributed by atoms with van der Waals surface area (Å²) in [5.74, 6) is 0. The van der Waals surface area contributed by atoms with E-state index in [2.05, 4.69) is 24.1 Å². The largest absolute Gasteiger partial charge is 0.361 e. The number of rotatable bonds is 1. The maximum absolute atomic E-state index is 3.25. The van der Waals surface area contributed by atoms with E-state index >= 15 is 0 Å². The van der Waals surface area contributed by atoms with Crippen LogP contribution in [-0.2, 0) is 0 Å². The molecule has 0 unspecified atom stereocenters. The highest BCUT2D eigenvalue weighted by Gasteiger charge is 2.01. The maximum atomic E-state index is 3.25. The van der Waals surface area contributed by atoms with E-state index in [-0.39, 0.29) is 0 Å². The van der Waals surface area contributed by atoms with Crippen LogP contribution in [0.5, 0.6) is 0 Å². The predicted octanol–water partition coefficient (Wildman–Crippen LogP) is 1.15. The van der Waals surface area contributed by atoms with Crippen LogP contribution in [0.4, 0.5) is 0 Å². The van der Waals surface area contributed by atoms with Gasteiger partial charge in [0, 0.05) is 11.5 Å². The molecule has 11 heavy (non-hydrogen) atoms. The summed E-state index contributed by atoms with van der Waals surface area (Å²) in [7, 11) is 0. The Labute approximate surface area is 66.4 Å². The van der Waals surface area contributed by atoms with E-state index in [0.29, 0.717) is 0 Å². The van der Waals surface area contributed by atoms with Gasteiger partial charge in [-0.3, -0.25) is 0 Å². The van der Waals surface area contributed by atoms with Crippen molar-refractivity contribution in [1.29, 1.82) is 0 Å². The van der Waals surface area contributed by atoms with Gasteiger partial charge in [0.2, 0.25) is 0 Å². The van der Waals surface area contributed by atoms with Gasteiger partial charge in [-0.25, -0.2) is 0 Å². The molecule has 1 aromatic heterocycles. The summed E-state index contributed by atoms with van der Waals surface area (Å²) in [5, 5.41) is 2.77. The number of aromatic amines is 1. The number of H-pyrrole nitrogens is 1. The molecule has 1 aromatic rings. The fourth-order valence-electron chi connectivity index (χ4n) is 1.75. The molecule has 1 aliphatic carbocycles. The zero-order valence-electron chi connectivity index (χ0n) is 6.85. The van der Waals surface area contributed by atoms with Gasteiger partial charge in [-0.1, -0.05) is 18.6 Å². The molecule has 1 heterocycles. The van der Waals surface area contributed by atoms with Crippen LogP contribution in [0.2, 0.25) is 0 Å². The Morgan fingerprint density at radius 1 is 1.55 bits per heavy atom. The molecule has 0 bridgehead atoms. The van der Waals surface area contributed by atoms with Crippen molar-refractivity contribution in [2.45, 2.75) is 26.2 Å².